The van der Waals surface area contributed by atoms with E-state index in [-0.39, 0.29) is 6.47 Å². The minimum absolute atomic E-state index is 0.0281. The van der Waals surface area contributed by atoms with E-state index in [1.807, 2.05) is 0 Å². The lowest BCUT2D eigenvalue weighted by molar-refractivity contribution is -0.440. The summed E-state index contributed by atoms with van der Waals surface area (Å²) in [6.45, 7) is 1.59. The number of ether oxygens (including phenoxy) is 4. The van der Waals surface area contributed by atoms with Gasteiger partial charge in [-0.05, 0) is 6.92 Å². The molecule has 0 saturated carbocycles. The molecule has 2 rings (SSSR count). The van der Waals surface area contributed by atoms with Crippen molar-refractivity contribution in [2.45, 2.75) is 81.2 Å². The van der Waals surface area contributed by atoms with Crippen LogP contribution >= 0.6 is 0 Å². The molecule has 0 aromatic rings. The van der Waals surface area contributed by atoms with E-state index in [0.717, 1.165) is 0 Å². The van der Waals surface area contributed by atoms with Gasteiger partial charge in [0.05, 0.1) is 37.9 Å². The maximum Gasteiger partial charge on any atom is 0.332 e. The molecule has 2 saturated heterocycles. The van der Waals surface area contributed by atoms with E-state index in [1.165, 1.54) is 13.8 Å². The van der Waals surface area contributed by atoms with E-state index in [9.17, 15) is 35.4 Å². The number of aliphatic hydroxyl groups excluding tert-OH is 7. The second-order valence-electron chi connectivity index (χ2n) is 7.48. The van der Waals surface area contributed by atoms with Crippen LogP contribution in [0.4, 0.5) is 0 Å². The van der Waals surface area contributed by atoms with Gasteiger partial charge in [0.1, 0.15) is 36.6 Å². The number of carbonyl (C=O) groups excluding carboxylic acids is 1. The molecule has 0 radical (unpaired) electrons. The largest absolute Gasteiger partial charge is 0.410 e. The lowest BCUT2D eigenvalue weighted by Crippen LogP contribution is -2.65. The molecule has 29 heavy (non-hydrogen) atoms. The van der Waals surface area contributed by atoms with Gasteiger partial charge in [-0.3, -0.25) is 4.79 Å². The van der Waals surface area contributed by atoms with Gasteiger partial charge >= 0.3 is 5.97 Å². The first-order valence-corrected chi connectivity index (χ1v) is 9.35. The number of carbonyl (C=O) groups is 1. The van der Waals surface area contributed by atoms with Crippen LogP contribution in [0.15, 0.2) is 0 Å². The third kappa shape index (κ3) is 5.05. The van der Waals surface area contributed by atoms with Crippen molar-refractivity contribution < 1.29 is 59.5 Å². The topological polar surface area (TPSA) is 196 Å². The minimum Gasteiger partial charge on any atom is -0.410 e. The summed E-state index contributed by atoms with van der Waals surface area (Å²) in [6, 6.07) is 0. The first kappa shape index (κ1) is 24.3. The maximum atomic E-state index is 11.1. The zero-order chi connectivity index (χ0) is 21.9. The Bertz CT molecular complexity index is 535. The molecule has 2 aliphatic rings. The summed E-state index contributed by atoms with van der Waals surface area (Å²) in [4.78, 5) is 11.1. The number of rotatable bonds is 8. The van der Waals surface area contributed by atoms with E-state index in [4.69, 9.17) is 24.1 Å². The summed E-state index contributed by atoms with van der Waals surface area (Å²) in [5.74, 6) is -3.08. The van der Waals surface area contributed by atoms with Crippen molar-refractivity contribution in [2.75, 3.05) is 13.2 Å². The predicted octanol–water partition coefficient (Wildman–Crippen LogP) is -3.80. The van der Waals surface area contributed by atoms with Crippen LogP contribution < -0.4 is 0 Å². The molecular weight excluding hydrogens is 396 g/mol. The van der Waals surface area contributed by atoms with Gasteiger partial charge in [-0.25, -0.2) is 0 Å². The Hall–Kier alpha value is -0.930. The normalized spacial score (nSPS) is 45.4. The van der Waals surface area contributed by atoms with Crippen LogP contribution in [-0.4, -0.2) is 116 Å². The van der Waals surface area contributed by atoms with Gasteiger partial charge in [0.25, 0.3) is 6.47 Å². The van der Waals surface area contributed by atoms with E-state index in [2.05, 4.69) is 0 Å². The first-order valence-electron chi connectivity index (χ1n) is 9.35. The van der Waals surface area contributed by atoms with Gasteiger partial charge < -0.3 is 54.7 Å². The third-order valence-electron chi connectivity index (χ3n) is 5.47. The standard InChI is InChI=1S/C17H30O12/c1-7-9(21)3-17(26-6-20,28-15(7)13(24)10(22)4-18)29-16-12(23)8(2)27-11(5-19)14(16)25/h6-16,18-19,21-25H,3-5H2,1-2H3/t7-,8+,9-,10-,11?,12?,13-,14-,15?,16-,17+/m1/s1. The average molecular weight is 426 g/mol. The fourth-order valence-electron chi connectivity index (χ4n) is 3.60. The number of aliphatic hydroxyl groups is 7. The molecule has 0 aromatic carbocycles. The summed E-state index contributed by atoms with van der Waals surface area (Å²) >= 11 is 0. The minimum atomic E-state index is -2.32. The smallest absolute Gasteiger partial charge is 0.332 e. The van der Waals surface area contributed by atoms with Gasteiger partial charge in [0, 0.05) is 5.92 Å². The summed E-state index contributed by atoms with van der Waals surface area (Å²) < 4.78 is 21.4. The Labute approximate surface area is 167 Å². The number of hydrogen-bond acceptors (Lipinski definition) is 12. The molecule has 12 nitrogen and oxygen atoms in total. The molecule has 2 aliphatic heterocycles. The second kappa shape index (κ2) is 9.92. The maximum absolute atomic E-state index is 11.1. The van der Waals surface area contributed by atoms with E-state index in [0.29, 0.717) is 0 Å². The lowest BCUT2D eigenvalue weighted by Gasteiger charge is -2.49. The molecule has 2 heterocycles. The lowest BCUT2D eigenvalue weighted by atomic mass is 9.86. The second-order valence-corrected chi connectivity index (χ2v) is 7.48. The third-order valence-corrected chi connectivity index (χ3v) is 5.47. The SMILES string of the molecule is C[C@@H]1OC(CO)[C@@H](O)[C@H](O[C@]2(OC=O)C[C@@H](O)[C@@H](C)C([C@H](O)[C@H](O)CO)O2)C1O. The highest BCUT2D eigenvalue weighted by Crippen LogP contribution is 2.39. The van der Waals surface area contributed by atoms with E-state index in [1.54, 1.807) is 0 Å². The summed E-state index contributed by atoms with van der Waals surface area (Å²) in [6.07, 6.45) is -12.6. The highest BCUT2D eigenvalue weighted by atomic mass is 16.9. The summed E-state index contributed by atoms with van der Waals surface area (Å²) in [5, 5.41) is 69.7. The van der Waals surface area contributed by atoms with Crippen LogP contribution in [0.25, 0.3) is 0 Å². The highest BCUT2D eigenvalue weighted by Gasteiger charge is 2.55. The molecule has 2 fully saturated rings. The van der Waals surface area contributed by atoms with Crippen molar-refractivity contribution in [2.24, 2.45) is 5.92 Å². The number of hydrogen-bond donors (Lipinski definition) is 7. The molecule has 12 heteroatoms. The predicted molar refractivity (Wildman–Crippen MR) is 91.9 cm³/mol. The van der Waals surface area contributed by atoms with Crippen molar-refractivity contribution in [3.63, 3.8) is 0 Å². The molecule has 11 atom stereocenters. The van der Waals surface area contributed by atoms with Crippen LogP contribution in [-0.2, 0) is 23.7 Å². The highest BCUT2D eigenvalue weighted by molar-refractivity contribution is 5.37. The molecule has 0 spiro atoms. The molecule has 0 amide bonds. The van der Waals surface area contributed by atoms with Crippen LogP contribution in [0, 0.1) is 5.92 Å². The van der Waals surface area contributed by atoms with Crippen molar-refractivity contribution in [3.05, 3.63) is 0 Å². The van der Waals surface area contributed by atoms with Crippen molar-refractivity contribution in [1.29, 1.82) is 0 Å². The quantitative estimate of drug-likeness (QED) is 0.148. The van der Waals surface area contributed by atoms with Gasteiger partial charge in [-0.2, -0.15) is 0 Å². The van der Waals surface area contributed by atoms with Crippen molar-refractivity contribution in [1.82, 2.24) is 0 Å². The van der Waals surface area contributed by atoms with Crippen LogP contribution in [0.2, 0.25) is 0 Å². The van der Waals surface area contributed by atoms with E-state index < -0.39 is 86.5 Å². The van der Waals surface area contributed by atoms with Crippen molar-refractivity contribution in [3.8, 4) is 0 Å². The molecule has 7 N–H and O–H groups in total. The average Bonchev–Trinajstić information content (AvgIpc) is 2.69. The van der Waals surface area contributed by atoms with Gasteiger partial charge in [0.15, 0.2) is 0 Å². The molecule has 170 valence electrons. The zero-order valence-corrected chi connectivity index (χ0v) is 16.1. The molecular formula is C17H30O12. The fourth-order valence-corrected chi connectivity index (χ4v) is 3.60. The Morgan fingerprint density at radius 1 is 1.17 bits per heavy atom. The van der Waals surface area contributed by atoms with E-state index >= 15 is 0 Å². The molecule has 0 aliphatic carbocycles. The Morgan fingerprint density at radius 2 is 1.83 bits per heavy atom. The van der Waals surface area contributed by atoms with Crippen molar-refractivity contribution >= 4 is 6.47 Å². The Kier molecular flexibility index (Phi) is 8.32. The van der Waals surface area contributed by atoms with Crippen LogP contribution in [0.5, 0.6) is 0 Å². The zero-order valence-electron chi connectivity index (χ0n) is 16.1. The van der Waals surface area contributed by atoms with Gasteiger partial charge in [-0.15, -0.1) is 0 Å². The summed E-state index contributed by atoms with van der Waals surface area (Å²) in [5.41, 5.74) is 0. The summed E-state index contributed by atoms with van der Waals surface area (Å²) in [7, 11) is 0. The monoisotopic (exact) mass is 426 g/mol. The Balaban J connectivity index is 2.32. The molecule has 3 unspecified atom stereocenters. The Morgan fingerprint density at radius 3 is 2.38 bits per heavy atom. The first-order chi connectivity index (χ1) is 13.6. The fraction of sp³-hybridized carbons (Fsp3) is 0.941. The van der Waals surface area contributed by atoms with Crippen LogP contribution in [0.1, 0.15) is 20.3 Å². The van der Waals surface area contributed by atoms with Crippen LogP contribution in [0.3, 0.4) is 0 Å². The molecule has 0 aromatic heterocycles. The molecule has 0 bridgehead atoms. The van der Waals surface area contributed by atoms with Gasteiger partial charge in [-0.1, -0.05) is 6.92 Å². The van der Waals surface area contributed by atoms with Gasteiger partial charge in [0.2, 0.25) is 0 Å².